The number of carbonyl (C=O) groups is 1. The highest BCUT2D eigenvalue weighted by Crippen LogP contribution is 2.48. The first kappa shape index (κ1) is 22.3. The molecule has 3 aromatic rings. The lowest BCUT2D eigenvalue weighted by molar-refractivity contribution is 0.0975. The van der Waals surface area contributed by atoms with E-state index < -0.39 is 0 Å². The molecule has 1 spiro atoms. The summed E-state index contributed by atoms with van der Waals surface area (Å²) in [4.78, 5) is 17.4. The van der Waals surface area contributed by atoms with E-state index in [0.29, 0.717) is 28.7 Å². The van der Waals surface area contributed by atoms with Crippen molar-refractivity contribution in [3.63, 3.8) is 0 Å². The summed E-state index contributed by atoms with van der Waals surface area (Å²) in [5, 5.41) is 0.754. The Bertz CT molecular complexity index is 1220. The Labute approximate surface area is 201 Å². The Kier molecular flexibility index (Phi) is 5.89. The van der Waals surface area contributed by atoms with Gasteiger partial charge < -0.3 is 4.90 Å². The van der Waals surface area contributed by atoms with Gasteiger partial charge in [-0.1, -0.05) is 35.3 Å². The van der Waals surface area contributed by atoms with E-state index in [0.717, 1.165) is 42.7 Å². The third-order valence-corrected chi connectivity index (χ3v) is 7.34. The number of halogens is 4. The second-order valence-corrected chi connectivity index (χ2v) is 9.71. The molecule has 5 rings (SSSR count). The predicted octanol–water partition coefficient (Wildman–Crippen LogP) is 6.47. The van der Waals surface area contributed by atoms with Crippen LogP contribution < -0.4 is 4.90 Å². The van der Waals surface area contributed by atoms with Gasteiger partial charge in [-0.05, 0) is 85.6 Å². The molecule has 2 heterocycles. The molecule has 1 fully saturated rings. The molecule has 3 nitrogen and oxygen atoms in total. The second kappa shape index (κ2) is 8.71. The summed E-state index contributed by atoms with van der Waals surface area (Å²) in [5.41, 5.74) is 2.57. The summed E-state index contributed by atoms with van der Waals surface area (Å²) in [5.74, 6) is -0.770. The van der Waals surface area contributed by atoms with Crippen LogP contribution in [0.1, 0.15) is 34.3 Å². The van der Waals surface area contributed by atoms with Crippen molar-refractivity contribution in [3.8, 4) is 0 Å². The fourth-order valence-electron chi connectivity index (χ4n) is 5.09. The van der Waals surface area contributed by atoms with Crippen LogP contribution in [0.3, 0.4) is 0 Å². The van der Waals surface area contributed by atoms with E-state index in [1.807, 2.05) is 6.07 Å². The number of hydrogen-bond acceptors (Lipinski definition) is 2. The zero-order valence-corrected chi connectivity index (χ0v) is 19.3. The fraction of sp³-hybridized carbons (Fsp3) is 0.269. The van der Waals surface area contributed by atoms with Gasteiger partial charge in [-0.25, -0.2) is 8.78 Å². The number of carbonyl (C=O) groups excluding carboxylic acids is 1. The molecule has 1 amide bonds. The predicted molar refractivity (Wildman–Crippen MR) is 127 cm³/mol. The maximum absolute atomic E-state index is 14.3. The average Bonchev–Trinajstić information content (AvgIpc) is 3.08. The van der Waals surface area contributed by atoms with E-state index >= 15 is 0 Å². The Morgan fingerprint density at radius 2 is 1.70 bits per heavy atom. The first-order chi connectivity index (χ1) is 15.8. The van der Waals surface area contributed by atoms with Crippen LogP contribution in [0.5, 0.6) is 0 Å². The standard InChI is InChI=1S/C26H22Cl2F2N2O/c27-18-4-6-21(23(28)13-18)25(33)32-16-26(22-14-20(30)5-7-24(22)32)8-10-31(11-9-26)15-17-2-1-3-19(29)12-17/h1-7,12-14H,8-11,15-16H2. The molecule has 1 saturated heterocycles. The number of nitrogens with zero attached hydrogens (tertiary/aromatic N) is 2. The van der Waals surface area contributed by atoms with Crippen molar-refractivity contribution < 1.29 is 13.6 Å². The first-order valence-electron chi connectivity index (χ1n) is 10.9. The molecule has 0 atom stereocenters. The van der Waals surface area contributed by atoms with Gasteiger partial charge in [0.2, 0.25) is 0 Å². The van der Waals surface area contributed by atoms with Gasteiger partial charge in [-0.2, -0.15) is 0 Å². The molecule has 0 unspecified atom stereocenters. The van der Waals surface area contributed by atoms with Gasteiger partial charge in [0.05, 0.1) is 10.6 Å². The third kappa shape index (κ3) is 4.25. The van der Waals surface area contributed by atoms with Gasteiger partial charge in [0, 0.05) is 29.2 Å². The Hall–Kier alpha value is -2.47. The van der Waals surface area contributed by atoms with Crippen LogP contribution in [-0.4, -0.2) is 30.4 Å². The molecule has 0 N–H and O–H groups in total. The highest BCUT2D eigenvalue weighted by molar-refractivity contribution is 6.37. The number of rotatable bonds is 3. The van der Waals surface area contributed by atoms with Crippen molar-refractivity contribution in [1.29, 1.82) is 0 Å². The van der Waals surface area contributed by atoms with Gasteiger partial charge in [0.15, 0.2) is 0 Å². The molecular formula is C26H22Cl2F2N2O. The van der Waals surface area contributed by atoms with Crippen LogP contribution in [0, 0.1) is 11.6 Å². The minimum Gasteiger partial charge on any atom is -0.307 e. The molecule has 3 aromatic carbocycles. The Morgan fingerprint density at radius 1 is 0.939 bits per heavy atom. The number of amides is 1. The van der Waals surface area contributed by atoms with Crippen LogP contribution in [-0.2, 0) is 12.0 Å². The van der Waals surface area contributed by atoms with Gasteiger partial charge in [0.1, 0.15) is 11.6 Å². The lowest BCUT2D eigenvalue weighted by atomic mass is 9.74. The average molecular weight is 487 g/mol. The molecule has 7 heteroatoms. The van der Waals surface area contributed by atoms with Crippen molar-refractivity contribution in [2.75, 3.05) is 24.5 Å². The molecule has 0 aromatic heterocycles. The smallest absolute Gasteiger partial charge is 0.259 e. The number of piperidine rings is 1. The molecule has 0 radical (unpaired) electrons. The van der Waals surface area contributed by atoms with Gasteiger partial charge in [-0.3, -0.25) is 9.69 Å². The van der Waals surface area contributed by atoms with Crippen LogP contribution in [0.4, 0.5) is 14.5 Å². The number of benzene rings is 3. The number of hydrogen-bond donors (Lipinski definition) is 0. The van der Waals surface area contributed by atoms with Crippen molar-refractivity contribution in [1.82, 2.24) is 4.90 Å². The summed E-state index contributed by atoms with van der Waals surface area (Å²) in [7, 11) is 0. The van der Waals surface area contributed by atoms with Crippen LogP contribution in [0.25, 0.3) is 0 Å². The highest BCUT2D eigenvalue weighted by atomic mass is 35.5. The summed E-state index contributed by atoms with van der Waals surface area (Å²) in [6, 6.07) is 16.1. The molecule has 170 valence electrons. The largest absolute Gasteiger partial charge is 0.307 e. The van der Waals surface area contributed by atoms with E-state index in [9.17, 15) is 13.6 Å². The summed E-state index contributed by atoms with van der Waals surface area (Å²) in [6.45, 7) is 2.68. The number of likely N-dealkylation sites (tertiary alicyclic amines) is 1. The highest BCUT2D eigenvalue weighted by Gasteiger charge is 2.46. The molecule has 33 heavy (non-hydrogen) atoms. The summed E-state index contributed by atoms with van der Waals surface area (Å²) >= 11 is 12.3. The second-order valence-electron chi connectivity index (χ2n) is 8.86. The molecular weight excluding hydrogens is 465 g/mol. The lowest BCUT2D eigenvalue weighted by Crippen LogP contribution is -2.45. The lowest BCUT2D eigenvalue weighted by Gasteiger charge is -2.40. The molecule has 2 aliphatic heterocycles. The molecule has 2 aliphatic rings. The fourth-order valence-corrected chi connectivity index (χ4v) is 5.58. The van der Waals surface area contributed by atoms with Crippen LogP contribution >= 0.6 is 23.2 Å². The quantitative estimate of drug-likeness (QED) is 0.423. The third-order valence-electron chi connectivity index (χ3n) is 6.80. The van der Waals surface area contributed by atoms with E-state index in [2.05, 4.69) is 4.90 Å². The SMILES string of the molecule is O=C(c1ccc(Cl)cc1Cl)N1CC2(CCN(Cc3cccc(F)c3)CC2)c2cc(F)ccc21. The van der Waals surface area contributed by atoms with E-state index in [1.165, 1.54) is 12.1 Å². The van der Waals surface area contributed by atoms with Crippen molar-refractivity contribution >= 4 is 34.8 Å². The minimum atomic E-state index is -0.329. The summed E-state index contributed by atoms with van der Waals surface area (Å²) in [6.07, 6.45) is 1.55. The van der Waals surface area contributed by atoms with Gasteiger partial charge in [-0.15, -0.1) is 0 Å². The van der Waals surface area contributed by atoms with Crippen molar-refractivity contribution in [2.45, 2.75) is 24.8 Å². The normalized spacial score (nSPS) is 17.4. The Morgan fingerprint density at radius 3 is 2.42 bits per heavy atom. The first-order valence-corrected chi connectivity index (χ1v) is 11.6. The van der Waals surface area contributed by atoms with Gasteiger partial charge >= 0.3 is 0 Å². The van der Waals surface area contributed by atoms with Crippen molar-refractivity contribution in [2.24, 2.45) is 0 Å². The van der Waals surface area contributed by atoms with E-state index in [4.69, 9.17) is 23.2 Å². The maximum Gasteiger partial charge on any atom is 0.259 e. The van der Waals surface area contributed by atoms with Gasteiger partial charge in [0.25, 0.3) is 5.91 Å². The maximum atomic E-state index is 14.3. The van der Waals surface area contributed by atoms with E-state index in [-0.39, 0.29) is 23.0 Å². The van der Waals surface area contributed by atoms with Crippen LogP contribution in [0.2, 0.25) is 10.0 Å². The van der Waals surface area contributed by atoms with Crippen LogP contribution in [0.15, 0.2) is 60.7 Å². The topological polar surface area (TPSA) is 23.6 Å². The van der Waals surface area contributed by atoms with E-state index in [1.54, 1.807) is 47.4 Å². The molecule has 0 aliphatic carbocycles. The number of fused-ring (bicyclic) bond motifs is 2. The monoisotopic (exact) mass is 486 g/mol. The van der Waals surface area contributed by atoms with Crippen molar-refractivity contribution in [3.05, 3.63) is 99.0 Å². The zero-order chi connectivity index (χ0) is 23.2. The minimum absolute atomic E-state index is 0.219. The molecule has 0 bridgehead atoms. The number of anilines is 1. The Balaban J connectivity index is 1.40. The summed E-state index contributed by atoms with van der Waals surface area (Å²) < 4.78 is 27.8. The zero-order valence-electron chi connectivity index (χ0n) is 17.8. The molecule has 0 saturated carbocycles.